The Morgan fingerprint density at radius 3 is 2.65 bits per heavy atom. The summed E-state index contributed by atoms with van der Waals surface area (Å²) in [5.74, 6) is -0.607. The van der Waals surface area contributed by atoms with Crippen molar-refractivity contribution in [2.45, 2.75) is 18.9 Å². The lowest BCUT2D eigenvalue weighted by Crippen LogP contribution is -2.58. The molecule has 1 aliphatic heterocycles. The van der Waals surface area contributed by atoms with Gasteiger partial charge in [0.2, 0.25) is 5.91 Å². The van der Waals surface area contributed by atoms with E-state index in [0.29, 0.717) is 18.2 Å². The van der Waals surface area contributed by atoms with Gasteiger partial charge in [0.05, 0.1) is 19.6 Å². The molecule has 2 rings (SSSR count). The van der Waals surface area contributed by atoms with E-state index in [-0.39, 0.29) is 18.9 Å². The molecular weight excluding hydrogens is 280 g/mol. The Morgan fingerprint density at radius 1 is 1.40 bits per heavy atom. The quantitative estimate of drug-likeness (QED) is 0.904. The minimum absolute atomic E-state index is 0.0527. The van der Waals surface area contributed by atoms with Crippen LogP contribution in [0, 0.1) is 0 Å². The van der Waals surface area contributed by atoms with Crippen molar-refractivity contribution in [2.24, 2.45) is 5.73 Å². The zero-order valence-corrected chi connectivity index (χ0v) is 12.0. The van der Waals surface area contributed by atoms with Crippen molar-refractivity contribution in [2.75, 3.05) is 19.7 Å². The molecular formula is C14H17ClN2O3. The third kappa shape index (κ3) is 3.29. The van der Waals surface area contributed by atoms with Crippen molar-refractivity contribution >= 4 is 23.4 Å². The molecule has 6 heteroatoms. The third-order valence-corrected chi connectivity index (χ3v) is 3.67. The molecule has 0 spiro atoms. The Labute approximate surface area is 122 Å². The second-order valence-corrected chi connectivity index (χ2v) is 5.50. The number of halogens is 1. The summed E-state index contributed by atoms with van der Waals surface area (Å²) in [6.45, 7) is 2.58. The second kappa shape index (κ2) is 5.81. The Hall–Kier alpha value is -1.59. The number of benzene rings is 1. The van der Waals surface area contributed by atoms with E-state index in [0.717, 1.165) is 5.56 Å². The zero-order chi connectivity index (χ0) is 14.8. The van der Waals surface area contributed by atoms with Crippen molar-refractivity contribution < 1.29 is 14.3 Å². The fourth-order valence-corrected chi connectivity index (χ4v) is 2.25. The Morgan fingerprint density at radius 2 is 2.05 bits per heavy atom. The molecule has 1 fully saturated rings. The topological polar surface area (TPSA) is 72.6 Å². The van der Waals surface area contributed by atoms with Gasteiger partial charge in [0, 0.05) is 11.6 Å². The van der Waals surface area contributed by atoms with Crippen LogP contribution in [0.1, 0.15) is 12.5 Å². The minimum atomic E-state index is -1.10. The lowest BCUT2D eigenvalue weighted by molar-refractivity contribution is -0.160. The molecule has 0 unspecified atom stereocenters. The smallest absolute Gasteiger partial charge is 0.251 e. The van der Waals surface area contributed by atoms with E-state index in [1.54, 1.807) is 24.0 Å². The van der Waals surface area contributed by atoms with Gasteiger partial charge in [-0.25, -0.2) is 0 Å². The first kappa shape index (κ1) is 14.8. The van der Waals surface area contributed by atoms with Crippen LogP contribution in [0.4, 0.5) is 0 Å². The summed E-state index contributed by atoms with van der Waals surface area (Å²) in [7, 11) is 0. The molecule has 20 heavy (non-hydrogen) atoms. The molecule has 1 atom stereocenters. The fourth-order valence-electron chi connectivity index (χ4n) is 2.12. The number of ether oxygens (including phenoxy) is 1. The number of nitrogens with two attached hydrogens (primary N) is 1. The van der Waals surface area contributed by atoms with Gasteiger partial charge in [0.25, 0.3) is 5.91 Å². The van der Waals surface area contributed by atoms with Crippen molar-refractivity contribution in [1.82, 2.24) is 4.90 Å². The highest BCUT2D eigenvalue weighted by atomic mass is 35.5. The SMILES string of the molecule is C[C@@]1(C(N)=O)CN(C(=O)Cc2ccc(Cl)cc2)CCO1. The van der Waals surface area contributed by atoms with Gasteiger partial charge in [-0.1, -0.05) is 23.7 Å². The molecule has 0 radical (unpaired) electrons. The second-order valence-electron chi connectivity index (χ2n) is 5.06. The molecule has 1 heterocycles. The third-order valence-electron chi connectivity index (χ3n) is 3.42. The highest BCUT2D eigenvalue weighted by molar-refractivity contribution is 6.30. The molecule has 1 aromatic carbocycles. The number of hydrogen-bond donors (Lipinski definition) is 1. The van der Waals surface area contributed by atoms with Gasteiger partial charge in [-0.2, -0.15) is 0 Å². The molecule has 1 aliphatic rings. The maximum Gasteiger partial charge on any atom is 0.251 e. The van der Waals surface area contributed by atoms with Gasteiger partial charge >= 0.3 is 0 Å². The average Bonchev–Trinajstić information content (AvgIpc) is 2.41. The molecule has 0 aliphatic carbocycles. The summed E-state index contributed by atoms with van der Waals surface area (Å²) in [5, 5.41) is 0.633. The van der Waals surface area contributed by atoms with Crippen LogP contribution < -0.4 is 5.73 Å². The number of carbonyl (C=O) groups is 2. The monoisotopic (exact) mass is 296 g/mol. The van der Waals surface area contributed by atoms with Crippen LogP contribution in [0.2, 0.25) is 5.02 Å². The maximum absolute atomic E-state index is 12.2. The molecule has 1 aromatic rings. The number of hydrogen-bond acceptors (Lipinski definition) is 3. The van der Waals surface area contributed by atoms with Gasteiger partial charge in [0.15, 0.2) is 5.60 Å². The van der Waals surface area contributed by atoms with Gasteiger partial charge in [-0.3, -0.25) is 9.59 Å². The predicted molar refractivity (Wildman–Crippen MR) is 75.3 cm³/mol. The molecule has 0 saturated carbocycles. The van der Waals surface area contributed by atoms with Gasteiger partial charge in [0.1, 0.15) is 0 Å². The van der Waals surface area contributed by atoms with Crippen molar-refractivity contribution in [3.63, 3.8) is 0 Å². The zero-order valence-electron chi connectivity index (χ0n) is 11.3. The van der Waals surface area contributed by atoms with Gasteiger partial charge < -0.3 is 15.4 Å². The number of nitrogens with zero attached hydrogens (tertiary/aromatic N) is 1. The molecule has 2 amide bonds. The van der Waals surface area contributed by atoms with E-state index in [2.05, 4.69) is 0 Å². The van der Waals surface area contributed by atoms with E-state index in [4.69, 9.17) is 22.1 Å². The lowest BCUT2D eigenvalue weighted by atomic mass is 10.0. The van der Waals surface area contributed by atoms with Crippen LogP contribution in [-0.4, -0.2) is 42.0 Å². The van der Waals surface area contributed by atoms with Crippen LogP contribution in [-0.2, 0) is 20.7 Å². The molecule has 0 aromatic heterocycles. The predicted octanol–water partition coefficient (Wildman–Crippen LogP) is 0.985. The average molecular weight is 297 g/mol. The van der Waals surface area contributed by atoms with Crippen molar-refractivity contribution in [3.8, 4) is 0 Å². The molecule has 1 saturated heterocycles. The summed E-state index contributed by atoms with van der Waals surface area (Å²) in [6, 6.07) is 7.12. The standard InChI is InChI=1S/C14H17ClN2O3/c1-14(13(16)19)9-17(6-7-20-14)12(18)8-10-2-4-11(15)5-3-10/h2-5H,6-9H2,1H3,(H2,16,19)/t14-/m0/s1. The van der Waals surface area contributed by atoms with E-state index >= 15 is 0 Å². The lowest BCUT2D eigenvalue weighted by Gasteiger charge is -2.38. The maximum atomic E-state index is 12.2. The Balaban J connectivity index is 2.02. The first-order valence-electron chi connectivity index (χ1n) is 6.37. The normalized spacial score (nSPS) is 22.6. The van der Waals surface area contributed by atoms with Crippen LogP contribution in [0.25, 0.3) is 0 Å². The first-order chi connectivity index (χ1) is 9.40. The summed E-state index contributed by atoms with van der Waals surface area (Å²) in [5.41, 5.74) is 5.09. The summed E-state index contributed by atoms with van der Waals surface area (Å²) in [4.78, 5) is 25.2. The molecule has 5 nitrogen and oxygen atoms in total. The van der Waals surface area contributed by atoms with E-state index in [9.17, 15) is 9.59 Å². The highest BCUT2D eigenvalue weighted by Gasteiger charge is 2.39. The van der Waals surface area contributed by atoms with Crippen LogP contribution >= 0.6 is 11.6 Å². The van der Waals surface area contributed by atoms with Crippen LogP contribution in [0.5, 0.6) is 0 Å². The molecule has 0 bridgehead atoms. The van der Waals surface area contributed by atoms with Crippen molar-refractivity contribution in [1.29, 1.82) is 0 Å². The molecule has 108 valence electrons. The number of morpholine rings is 1. The van der Waals surface area contributed by atoms with Gasteiger partial charge in [-0.15, -0.1) is 0 Å². The summed E-state index contributed by atoms with van der Waals surface area (Å²) < 4.78 is 5.39. The minimum Gasteiger partial charge on any atom is -0.367 e. The number of rotatable bonds is 3. The van der Waals surface area contributed by atoms with Crippen molar-refractivity contribution in [3.05, 3.63) is 34.9 Å². The van der Waals surface area contributed by atoms with Crippen LogP contribution in [0.3, 0.4) is 0 Å². The number of primary amides is 1. The first-order valence-corrected chi connectivity index (χ1v) is 6.74. The van der Waals surface area contributed by atoms with E-state index < -0.39 is 11.5 Å². The summed E-state index contributed by atoms with van der Waals surface area (Å²) >= 11 is 5.81. The summed E-state index contributed by atoms with van der Waals surface area (Å²) in [6.07, 6.45) is 0.270. The van der Waals surface area contributed by atoms with Gasteiger partial charge in [-0.05, 0) is 24.6 Å². The van der Waals surface area contributed by atoms with Crippen LogP contribution in [0.15, 0.2) is 24.3 Å². The number of amides is 2. The van der Waals surface area contributed by atoms with E-state index in [1.807, 2.05) is 12.1 Å². The fraction of sp³-hybridized carbons (Fsp3) is 0.429. The Bertz CT molecular complexity index is 518. The number of carbonyl (C=O) groups excluding carboxylic acids is 2. The Kier molecular flexibility index (Phi) is 4.30. The molecule has 2 N–H and O–H groups in total. The van der Waals surface area contributed by atoms with E-state index in [1.165, 1.54) is 0 Å². The highest BCUT2D eigenvalue weighted by Crippen LogP contribution is 2.18. The largest absolute Gasteiger partial charge is 0.367 e.